The van der Waals surface area contributed by atoms with Crippen LogP contribution in [0.3, 0.4) is 0 Å². The summed E-state index contributed by atoms with van der Waals surface area (Å²) < 4.78 is 1.44. The van der Waals surface area contributed by atoms with Gasteiger partial charge in [0.05, 0.1) is 0 Å². The van der Waals surface area contributed by atoms with Gasteiger partial charge in [0.1, 0.15) is 5.69 Å². The van der Waals surface area contributed by atoms with Crippen molar-refractivity contribution in [3.63, 3.8) is 0 Å². The van der Waals surface area contributed by atoms with E-state index in [1.807, 2.05) is 19.9 Å². The van der Waals surface area contributed by atoms with Gasteiger partial charge in [0.25, 0.3) is 5.56 Å². The third-order valence-corrected chi connectivity index (χ3v) is 4.68. The minimum absolute atomic E-state index is 0.200. The highest BCUT2D eigenvalue weighted by Crippen LogP contribution is 2.21. The number of rotatable bonds is 4. The Morgan fingerprint density at radius 3 is 2.28 bits per heavy atom. The fourth-order valence-corrected chi connectivity index (χ4v) is 3.46. The zero-order chi connectivity index (χ0) is 18.1. The molecule has 0 spiro atoms. The lowest BCUT2D eigenvalue weighted by Gasteiger charge is -2.17. The lowest BCUT2D eigenvalue weighted by molar-refractivity contribution is 0.102. The van der Waals surface area contributed by atoms with E-state index in [1.165, 1.54) is 4.57 Å². The molecule has 0 atom stereocenters. The number of ketones is 1. The number of aromatic nitrogens is 2. The normalized spacial score (nSPS) is 14.2. The molecule has 25 heavy (non-hydrogen) atoms. The molecule has 0 fully saturated rings. The zero-order valence-corrected chi connectivity index (χ0v) is 14.8. The largest absolute Gasteiger partial charge is 0.328 e. The second-order valence-electron chi connectivity index (χ2n) is 6.86. The van der Waals surface area contributed by atoms with Gasteiger partial charge in [-0.05, 0) is 51.7 Å². The topological polar surface area (TPSA) is 71.9 Å². The van der Waals surface area contributed by atoms with Gasteiger partial charge in [0, 0.05) is 17.7 Å². The molecular weight excluding hydrogens is 316 g/mol. The summed E-state index contributed by atoms with van der Waals surface area (Å²) in [5, 5.41) is 0. The van der Waals surface area contributed by atoms with Crippen LogP contribution in [0.1, 0.15) is 45.6 Å². The molecular formula is C20H22N2O3. The van der Waals surface area contributed by atoms with Gasteiger partial charge in [-0.3, -0.25) is 19.1 Å². The fourth-order valence-electron chi connectivity index (χ4n) is 3.46. The van der Waals surface area contributed by atoms with E-state index in [1.54, 1.807) is 19.1 Å². The van der Waals surface area contributed by atoms with E-state index in [4.69, 9.17) is 0 Å². The summed E-state index contributed by atoms with van der Waals surface area (Å²) in [6, 6.07) is 5.57. The van der Waals surface area contributed by atoms with Gasteiger partial charge in [-0.25, -0.2) is 4.79 Å². The number of carbonyl (C=O) groups excluding carboxylic acids is 1. The monoisotopic (exact) mass is 338 g/mol. The molecule has 0 saturated heterocycles. The Hall–Kier alpha value is -2.69. The molecule has 130 valence electrons. The first kappa shape index (κ1) is 17.1. The number of nitrogens with zero attached hydrogens (tertiary/aromatic N) is 1. The molecule has 0 saturated carbocycles. The first-order chi connectivity index (χ1) is 11.9. The van der Waals surface area contributed by atoms with Crippen molar-refractivity contribution in [2.24, 2.45) is 5.92 Å². The lowest BCUT2D eigenvalue weighted by Crippen LogP contribution is -2.37. The predicted octanol–water partition coefficient (Wildman–Crippen LogP) is 2.66. The third-order valence-electron chi connectivity index (χ3n) is 4.68. The van der Waals surface area contributed by atoms with Crippen LogP contribution in [0.4, 0.5) is 0 Å². The summed E-state index contributed by atoms with van der Waals surface area (Å²) in [7, 11) is 0. The average Bonchev–Trinajstić information content (AvgIpc) is 3.04. The van der Waals surface area contributed by atoms with Crippen molar-refractivity contribution in [3.05, 3.63) is 79.1 Å². The molecule has 0 unspecified atom stereocenters. The second kappa shape index (κ2) is 6.67. The van der Waals surface area contributed by atoms with Gasteiger partial charge in [0.2, 0.25) is 5.78 Å². The van der Waals surface area contributed by atoms with Crippen LogP contribution in [0, 0.1) is 26.7 Å². The molecule has 1 N–H and O–H groups in total. The van der Waals surface area contributed by atoms with Crippen LogP contribution in [0.5, 0.6) is 0 Å². The third kappa shape index (κ3) is 3.40. The number of benzene rings is 1. The Labute approximate surface area is 146 Å². The highest BCUT2D eigenvalue weighted by molar-refractivity contribution is 6.08. The molecule has 1 aromatic heterocycles. The maximum Gasteiger partial charge on any atom is 0.328 e. The van der Waals surface area contributed by atoms with E-state index in [9.17, 15) is 14.4 Å². The predicted molar refractivity (Wildman–Crippen MR) is 97.3 cm³/mol. The number of aryl methyl sites for hydroxylation is 2. The van der Waals surface area contributed by atoms with E-state index in [0.29, 0.717) is 12.1 Å². The first-order valence-corrected chi connectivity index (χ1v) is 8.48. The van der Waals surface area contributed by atoms with E-state index in [2.05, 4.69) is 17.1 Å². The quantitative estimate of drug-likeness (QED) is 0.688. The Morgan fingerprint density at radius 1 is 1.08 bits per heavy atom. The summed E-state index contributed by atoms with van der Waals surface area (Å²) in [6.45, 7) is 5.87. The number of nitrogens with one attached hydrogen (secondary N) is 1. The maximum atomic E-state index is 13.1. The van der Waals surface area contributed by atoms with Gasteiger partial charge in [-0.1, -0.05) is 29.3 Å². The highest BCUT2D eigenvalue weighted by atomic mass is 16.2. The molecule has 1 aliphatic carbocycles. The molecule has 1 aromatic carbocycles. The highest BCUT2D eigenvalue weighted by Gasteiger charge is 2.23. The number of carbonyl (C=O) groups is 1. The van der Waals surface area contributed by atoms with Crippen molar-refractivity contribution < 1.29 is 4.79 Å². The summed E-state index contributed by atoms with van der Waals surface area (Å²) >= 11 is 0. The zero-order valence-electron chi connectivity index (χ0n) is 14.8. The standard InChI is InChI=1S/C20H22N2O3/c1-12-8-13(2)10-16(9-12)18(23)17-14(3)19(24)21-20(25)22(17)11-15-6-4-5-7-15/h4-5,8-10,15H,6-7,11H2,1-3H3,(H,21,24,25). The van der Waals surface area contributed by atoms with Gasteiger partial charge < -0.3 is 0 Å². The number of H-pyrrole nitrogens is 1. The van der Waals surface area contributed by atoms with Gasteiger partial charge in [-0.2, -0.15) is 0 Å². The van der Waals surface area contributed by atoms with Crippen LogP contribution < -0.4 is 11.2 Å². The van der Waals surface area contributed by atoms with Crippen LogP contribution in [0.2, 0.25) is 0 Å². The van der Waals surface area contributed by atoms with Crippen molar-refractivity contribution in [2.75, 3.05) is 0 Å². The van der Waals surface area contributed by atoms with Crippen LogP contribution in [-0.4, -0.2) is 15.3 Å². The van der Waals surface area contributed by atoms with E-state index in [-0.39, 0.29) is 23.0 Å². The van der Waals surface area contributed by atoms with Crippen molar-refractivity contribution in [3.8, 4) is 0 Å². The van der Waals surface area contributed by atoms with Crippen molar-refractivity contribution in [1.82, 2.24) is 9.55 Å². The summed E-state index contributed by atoms with van der Waals surface area (Å²) in [5.41, 5.74) is 1.91. The van der Waals surface area contributed by atoms with E-state index >= 15 is 0 Å². The van der Waals surface area contributed by atoms with Gasteiger partial charge >= 0.3 is 5.69 Å². The van der Waals surface area contributed by atoms with Crippen molar-refractivity contribution >= 4 is 5.78 Å². The molecule has 1 heterocycles. The SMILES string of the molecule is Cc1cc(C)cc(C(=O)c2c(C)c(=O)[nH]c(=O)n2CC2CC=CC2)c1. The van der Waals surface area contributed by atoms with Crippen molar-refractivity contribution in [1.29, 1.82) is 0 Å². The molecule has 5 heteroatoms. The summed E-state index contributed by atoms with van der Waals surface area (Å²) in [5.74, 6) is -0.00717. The molecule has 0 amide bonds. The van der Waals surface area contributed by atoms with Crippen molar-refractivity contribution in [2.45, 2.75) is 40.2 Å². The molecule has 3 rings (SSSR count). The minimum Gasteiger partial charge on any atom is -0.290 e. The second-order valence-corrected chi connectivity index (χ2v) is 6.86. The summed E-state index contributed by atoms with van der Waals surface area (Å²) in [4.78, 5) is 40.0. The Balaban J connectivity index is 2.14. The molecule has 0 bridgehead atoms. The molecule has 0 aliphatic heterocycles. The molecule has 5 nitrogen and oxygen atoms in total. The smallest absolute Gasteiger partial charge is 0.290 e. The number of hydrogen-bond donors (Lipinski definition) is 1. The number of aromatic amines is 1. The maximum absolute atomic E-state index is 13.1. The molecule has 2 aromatic rings. The van der Waals surface area contributed by atoms with E-state index in [0.717, 1.165) is 24.0 Å². The molecule has 1 aliphatic rings. The lowest BCUT2D eigenvalue weighted by atomic mass is 9.99. The van der Waals surface area contributed by atoms with Crippen LogP contribution in [-0.2, 0) is 6.54 Å². The number of hydrogen-bond acceptors (Lipinski definition) is 3. The first-order valence-electron chi connectivity index (χ1n) is 8.48. The van der Waals surface area contributed by atoms with Crippen LogP contribution in [0.25, 0.3) is 0 Å². The Kier molecular flexibility index (Phi) is 4.57. The Bertz CT molecular complexity index is 951. The van der Waals surface area contributed by atoms with E-state index < -0.39 is 11.2 Å². The van der Waals surface area contributed by atoms with Gasteiger partial charge in [0.15, 0.2) is 0 Å². The molecule has 0 radical (unpaired) electrons. The van der Waals surface area contributed by atoms with Gasteiger partial charge in [-0.15, -0.1) is 0 Å². The summed E-state index contributed by atoms with van der Waals surface area (Å²) in [6.07, 6.45) is 5.92. The van der Waals surface area contributed by atoms with Crippen LogP contribution >= 0.6 is 0 Å². The number of allylic oxidation sites excluding steroid dienone is 2. The van der Waals surface area contributed by atoms with Crippen LogP contribution in [0.15, 0.2) is 39.9 Å². The Morgan fingerprint density at radius 2 is 1.68 bits per heavy atom. The average molecular weight is 338 g/mol. The minimum atomic E-state index is -0.518. The fraction of sp³-hybridized carbons (Fsp3) is 0.350.